The van der Waals surface area contributed by atoms with E-state index in [-0.39, 0.29) is 24.8 Å². The number of amides is 2. The van der Waals surface area contributed by atoms with Crippen molar-refractivity contribution >= 4 is 17.5 Å². The van der Waals surface area contributed by atoms with Gasteiger partial charge in [0.2, 0.25) is 11.8 Å². The second-order valence-corrected chi connectivity index (χ2v) is 8.74. The largest absolute Gasteiger partial charge is 0.497 e. The third kappa shape index (κ3) is 7.99. The Morgan fingerprint density at radius 2 is 1.72 bits per heavy atom. The highest BCUT2D eigenvalue weighted by molar-refractivity contribution is 5.94. The van der Waals surface area contributed by atoms with Crippen molar-refractivity contribution in [1.82, 2.24) is 9.80 Å². The first-order valence-corrected chi connectivity index (χ1v) is 12.6. The van der Waals surface area contributed by atoms with Crippen molar-refractivity contribution in [2.45, 2.75) is 32.6 Å². The van der Waals surface area contributed by atoms with Gasteiger partial charge in [-0.2, -0.15) is 5.26 Å². The Morgan fingerprint density at radius 1 is 1.00 bits per heavy atom. The Morgan fingerprint density at radius 3 is 2.39 bits per heavy atom. The minimum atomic E-state index is -0.0475. The molecule has 36 heavy (non-hydrogen) atoms. The van der Waals surface area contributed by atoms with Crippen molar-refractivity contribution in [3.8, 4) is 17.6 Å². The fourth-order valence-corrected chi connectivity index (χ4v) is 4.31. The summed E-state index contributed by atoms with van der Waals surface area (Å²) in [7, 11) is 1.64. The normalized spacial score (nSPS) is 14.0. The van der Waals surface area contributed by atoms with Crippen LogP contribution in [0.2, 0.25) is 0 Å². The first-order chi connectivity index (χ1) is 17.5. The van der Waals surface area contributed by atoms with Crippen LogP contribution in [0.5, 0.6) is 11.5 Å². The molecular weight excluding hydrogens is 456 g/mol. The molecule has 1 saturated heterocycles. The predicted octanol–water partition coefficient (Wildman–Crippen LogP) is 3.51. The number of hydrogen-bond acceptors (Lipinski definition) is 6. The maximum absolute atomic E-state index is 13.2. The van der Waals surface area contributed by atoms with Crippen LogP contribution < -0.4 is 14.4 Å². The zero-order valence-electron chi connectivity index (χ0n) is 21.3. The zero-order chi connectivity index (χ0) is 25.8. The number of benzene rings is 2. The highest BCUT2D eigenvalue weighted by Crippen LogP contribution is 2.21. The van der Waals surface area contributed by atoms with Gasteiger partial charge in [-0.1, -0.05) is 12.1 Å². The molecule has 0 aromatic heterocycles. The Labute approximate surface area is 214 Å². The van der Waals surface area contributed by atoms with Gasteiger partial charge in [-0.05, 0) is 61.7 Å². The molecule has 3 rings (SSSR count). The lowest BCUT2D eigenvalue weighted by atomic mass is 10.1. The van der Waals surface area contributed by atoms with Crippen LogP contribution in [0.25, 0.3) is 0 Å². The first kappa shape index (κ1) is 27.0. The summed E-state index contributed by atoms with van der Waals surface area (Å²) in [5.41, 5.74) is 1.86. The molecule has 1 fully saturated rings. The summed E-state index contributed by atoms with van der Waals surface area (Å²) in [6.07, 6.45) is 2.24. The number of anilines is 1. The number of aryl methyl sites for hydroxylation is 1. The van der Waals surface area contributed by atoms with E-state index in [0.29, 0.717) is 45.6 Å². The number of hydrogen-bond donors (Lipinski definition) is 0. The lowest BCUT2D eigenvalue weighted by Crippen LogP contribution is -2.42. The van der Waals surface area contributed by atoms with E-state index in [9.17, 15) is 9.59 Å². The van der Waals surface area contributed by atoms with Gasteiger partial charge in [0, 0.05) is 44.8 Å². The number of methoxy groups -OCH3 is 1. The molecule has 192 valence electrons. The Bertz CT molecular complexity index is 1020. The molecular formula is C28H36N4O4. The summed E-state index contributed by atoms with van der Waals surface area (Å²) in [5, 5.41) is 9.08. The maximum Gasteiger partial charge on any atom is 0.241 e. The molecule has 0 aliphatic carbocycles. The number of nitriles is 1. The summed E-state index contributed by atoms with van der Waals surface area (Å²) in [4.78, 5) is 31.7. The second-order valence-electron chi connectivity index (χ2n) is 8.74. The van der Waals surface area contributed by atoms with E-state index in [4.69, 9.17) is 14.7 Å². The number of ether oxygens (including phenoxy) is 2. The fourth-order valence-electron chi connectivity index (χ4n) is 4.31. The SMILES string of the molecule is CCOc1ccc(N(CCC#N)C(=O)CN2CCCN(C(=O)CCc3ccc(OC)cc3)CC2)cc1. The van der Waals surface area contributed by atoms with Crippen LogP contribution in [0.1, 0.15) is 31.7 Å². The molecule has 2 aromatic carbocycles. The zero-order valence-corrected chi connectivity index (χ0v) is 21.3. The quantitative estimate of drug-likeness (QED) is 0.477. The standard InChI is InChI=1S/C28H36N4O4/c1-3-36-26-13-9-24(10-14-26)32(19-4-16-29)28(34)22-30-17-5-18-31(21-20-30)27(33)15-8-23-6-11-25(35-2)12-7-23/h6-7,9-14H,3-5,8,15,17-22H2,1-2H3. The van der Waals surface area contributed by atoms with Gasteiger partial charge >= 0.3 is 0 Å². The van der Waals surface area contributed by atoms with Gasteiger partial charge in [0.05, 0.1) is 32.8 Å². The van der Waals surface area contributed by atoms with Crippen LogP contribution >= 0.6 is 0 Å². The number of rotatable bonds is 11. The van der Waals surface area contributed by atoms with Crippen LogP contribution in [0.4, 0.5) is 5.69 Å². The molecule has 2 aromatic rings. The molecule has 0 N–H and O–H groups in total. The fraction of sp³-hybridized carbons (Fsp3) is 0.464. The van der Waals surface area contributed by atoms with Gasteiger partial charge in [0.25, 0.3) is 0 Å². The van der Waals surface area contributed by atoms with E-state index in [1.165, 1.54) is 0 Å². The smallest absolute Gasteiger partial charge is 0.241 e. The minimum Gasteiger partial charge on any atom is -0.497 e. The van der Waals surface area contributed by atoms with Crippen LogP contribution in [0.15, 0.2) is 48.5 Å². The van der Waals surface area contributed by atoms with E-state index in [1.807, 2.05) is 60.4 Å². The second kappa shape index (κ2) is 14.1. The Hall–Kier alpha value is -3.57. The molecule has 8 nitrogen and oxygen atoms in total. The predicted molar refractivity (Wildman–Crippen MR) is 139 cm³/mol. The third-order valence-electron chi connectivity index (χ3n) is 6.29. The topological polar surface area (TPSA) is 86.1 Å². The van der Waals surface area contributed by atoms with Gasteiger partial charge in [-0.3, -0.25) is 14.5 Å². The van der Waals surface area contributed by atoms with Crippen molar-refractivity contribution in [1.29, 1.82) is 5.26 Å². The number of nitrogens with zero attached hydrogens (tertiary/aromatic N) is 4. The summed E-state index contributed by atoms with van der Waals surface area (Å²) in [5.74, 6) is 1.65. The lowest BCUT2D eigenvalue weighted by molar-refractivity contribution is -0.131. The van der Waals surface area contributed by atoms with Crippen molar-refractivity contribution in [3.63, 3.8) is 0 Å². The van der Waals surface area contributed by atoms with Crippen LogP contribution in [0.3, 0.4) is 0 Å². The number of carbonyl (C=O) groups excluding carboxylic acids is 2. The summed E-state index contributed by atoms with van der Waals surface area (Å²) >= 11 is 0. The molecule has 8 heteroatoms. The van der Waals surface area contributed by atoms with Crippen molar-refractivity contribution in [3.05, 3.63) is 54.1 Å². The molecule has 0 bridgehead atoms. The number of carbonyl (C=O) groups is 2. The van der Waals surface area contributed by atoms with Crippen molar-refractivity contribution in [2.75, 3.05) is 57.9 Å². The van der Waals surface area contributed by atoms with Crippen LogP contribution in [-0.4, -0.2) is 74.6 Å². The van der Waals surface area contributed by atoms with Crippen LogP contribution in [-0.2, 0) is 16.0 Å². The lowest BCUT2D eigenvalue weighted by Gasteiger charge is -2.26. The van der Waals surface area contributed by atoms with E-state index < -0.39 is 0 Å². The van der Waals surface area contributed by atoms with E-state index in [1.54, 1.807) is 12.0 Å². The Kier molecular flexibility index (Phi) is 10.6. The Balaban J connectivity index is 1.52. The molecule has 0 saturated carbocycles. The highest BCUT2D eigenvalue weighted by atomic mass is 16.5. The van der Waals surface area contributed by atoms with Gasteiger partial charge in [-0.15, -0.1) is 0 Å². The highest BCUT2D eigenvalue weighted by Gasteiger charge is 2.23. The molecule has 0 unspecified atom stereocenters. The molecule has 0 spiro atoms. The van der Waals surface area contributed by atoms with Crippen LogP contribution in [0, 0.1) is 11.3 Å². The van der Waals surface area contributed by atoms with Gasteiger partial charge in [0.1, 0.15) is 11.5 Å². The van der Waals surface area contributed by atoms with Gasteiger partial charge in [0.15, 0.2) is 0 Å². The van der Waals surface area contributed by atoms with Gasteiger partial charge < -0.3 is 19.3 Å². The van der Waals surface area contributed by atoms with E-state index in [2.05, 4.69) is 11.0 Å². The summed E-state index contributed by atoms with van der Waals surface area (Å²) < 4.78 is 10.7. The summed E-state index contributed by atoms with van der Waals surface area (Å²) in [6, 6.07) is 17.3. The molecule has 1 aliphatic rings. The molecule has 1 heterocycles. The monoisotopic (exact) mass is 492 g/mol. The molecule has 2 amide bonds. The maximum atomic E-state index is 13.2. The van der Waals surface area contributed by atoms with Gasteiger partial charge in [-0.25, -0.2) is 0 Å². The molecule has 0 atom stereocenters. The average molecular weight is 493 g/mol. The van der Waals surface area contributed by atoms with Crippen molar-refractivity contribution in [2.24, 2.45) is 0 Å². The average Bonchev–Trinajstić information content (AvgIpc) is 3.14. The molecule has 0 radical (unpaired) electrons. The first-order valence-electron chi connectivity index (χ1n) is 12.6. The van der Waals surface area contributed by atoms with E-state index >= 15 is 0 Å². The minimum absolute atomic E-state index is 0.0475. The molecule has 1 aliphatic heterocycles. The summed E-state index contributed by atoms with van der Waals surface area (Å²) in [6.45, 7) is 5.80. The van der Waals surface area contributed by atoms with E-state index in [0.717, 1.165) is 35.7 Å². The third-order valence-corrected chi connectivity index (χ3v) is 6.29. The van der Waals surface area contributed by atoms with Crippen molar-refractivity contribution < 1.29 is 19.1 Å².